The summed E-state index contributed by atoms with van der Waals surface area (Å²) < 4.78 is 71.7. The Kier molecular flexibility index (Phi) is 6.93. The number of carboxylic acids is 1. The van der Waals surface area contributed by atoms with Crippen molar-refractivity contribution in [2.75, 3.05) is 11.4 Å². The van der Waals surface area contributed by atoms with Gasteiger partial charge >= 0.3 is 12.1 Å². The number of rotatable bonds is 7. The van der Waals surface area contributed by atoms with Gasteiger partial charge in [0.1, 0.15) is 5.75 Å². The van der Waals surface area contributed by atoms with Crippen LogP contribution in [-0.2, 0) is 21.0 Å². The van der Waals surface area contributed by atoms with Gasteiger partial charge in [-0.05, 0) is 63.1 Å². The molecule has 0 aliphatic carbocycles. The van der Waals surface area contributed by atoms with Crippen LogP contribution in [0.3, 0.4) is 0 Å². The lowest BCUT2D eigenvalue weighted by molar-refractivity contribution is -0.152. The van der Waals surface area contributed by atoms with Crippen LogP contribution in [0.2, 0.25) is 0 Å². The zero-order chi connectivity index (χ0) is 26.3. The molecule has 0 saturated heterocycles. The normalized spacial score (nSPS) is 12.5. The van der Waals surface area contributed by atoms with Crippen molar-refractivity contribution in [3.05, 3.63) is 58.5 Å². The predicted octanol–water partition coefficient (Wildman–Crippen LogP) is 5.51. The Bertz CT molecular complexity index is 1360. The number of halogens is 3. The fourth-order valence-electron chi connectivity index (χ4n) is 3.09. The molecular weight excluding hydrogens is 505 g/mol. The molecule has 188 valence electrons. The highest BCUT2D eigenvalue weighted by Crippen LogP contribution is 2.35. The van der Waals surface area contributed by atoms with Gasteiger partial charge in [-0.1, -0.05) is 12.1 Å². The number of hydrogen-bond donors (Lipinski definition) is 1. The van der Waals surface area contributed by atoms with Crippen LogP contribution in [-0.4, -0.2) is 37.1 Å². The summed E-state index contributed by atoms with van der Waals surface area (Å²) in [6.07, 6.45) is -4.46. The lowest BCUT2D eigenvalue weighted by Gasteiger charge is -2.24. The third-order valence-corrected chi connectivity index (χ3v) is 8.18. The van der Waals surface area contributed by atoms with Gasteiger partial charge in [-0.3, -0.25) is 0 Å². The summed E-state index contributed by atoms with van der Waals surface area (Å²) in [6.45, 7) is 5.95. The van der Waals surface area contributed by atoms with Crippen molar-refractivity contribution in [3.8, 4) is 17.0 Å². The second-order valence-electron chi connectivity index (χ2n) is 8.36. The standard InChI is InChI=1S/C23H23F3N2O5S2/c1-13-11-19(14(2)10-18(13)33-22(3,4)20(29)30)35(31,32)28(5)21-27-17(12-34-21)15-6-8-16(9-7-15)23(24,25)26/h6-12H,1-5H3,(H,29,30). The van der Waals surface area contributed by atoms with Gasteiger partial charge in [0.05, 0.1) is 16.2 Å². The minimum atomic E-state index is -4.46. The molecule has 0 bridgehead atoms. The van der Waals surface area contributed by atoms with Gasteiger partial charge in [0, 0.05) is 18.0 Å². The van der Waals surface area contributed by atoms with Crippen LogP contribution in [0.25, 0.3) is 11.3 Å². The van der Waals surface area contributed by atoms with Crippen LogP contribution >= 0.6 is 11.3 Å². The summed E-state index contributed by atoms with van der Waals surface area (Å²) in [7, 11) is -2.73. The molecule has 0 unspecified atom stereocenters. The molecule has 0 saturated carbocycles. The highest BCUT2D eigenvalue weighted by atomic mass is 32.2. The van der Waals surface area contributed by atoms with Gasteiger partial charge < -0.3 is 9.84 Å². The lowest BCUT2D eigenvalue weighted by Crippen LogP contribution is -2.38. The highest BCUT2D eigenvalue weighted by Gasteiger charge is 2.32. The van der Waals surface area contributed by atoms with Crippen LogP contribution < -0.4 is 9.04 Å². The number of benzene rings is 2. The minimum Gasteiger partial charge on any atom is -0.478 e. The molecule has 3 aromatic rings. The molecule has 0 atom stereocenters. The fourth-order valence-corrected chi connectivity index (χ4v) is 5.55. The van der Waals surface area contributed by atoms with E-state index >= 15 is 0 Å². The van der Waals surface area contributed by atoms with Crippen LogP contribution in [0.15, 0.2) is 46.7 Å². The molecule has 1 heterocycles. The van der Waals surface area contributed by atoms with Crippen LogP contribution in [0.1, 0.15) is 30.5 Å². The number of ether oxygens (including phenoxy) is 1. The SMILES string of the molecule is Cc1cc(S(=O)(=O)N(C)c2nc(-c3ccc(C(F)(F)F)cc3)cs2)c(C)cc1OC(C)(C)C(=O)O. The zero-order valence-electron chi connectivity index (χ0n) is 19.5. The Balaban J connectivity index is 1.90. The first-order chi connectivity index (χ1) is 16.0. The first-order valence-corrected chi connectivity index (χ1v) is 12.5. The zero-order valence-corrected chi connectivity index (χ0v) is 21.1. The van der Waals surface area contributed by atoms with Crippen molar-refractivity contribution in [2.24, 2.45) is 0 Å². The quantitative estimate of drug-likeness (QED) is 0.434. The Labute approximate surface area is 204 Å². The number of aromatic nitrogens is 1. The van der Waals surface area contributed by atoms with Crippen molar-refractivity contribution >= 4 is 32.5 Å². The van der Waals surface area contributed by atoms with E-state index in [1.807, 2.05) is 0 Å². The summed E-state index contributed by atoms with van der Waals surface area (Å²) in [5.74, 6) is -0.922. The van der Waals surface area contributed by atoms with Gasteiger partial charge in [0.15, 0.2) is 10.7 Å². The third kappa shape index (κ3) is 5.43. The molecule has 0 fully saturated rings. The Morgan fingerprint density at radius 2 is 1.69 bits per heavy atom. The van der Waals surface area contributed by atoms with Crippen molar-refractivity contribution < 1.29 is 36.2 Å². The van der Waals surface area contributed by atoms with Gasteiger partial charge in [-0.25, -0.2) is 22.5 Å². The van der Waals surface area contributed by atoms with E-state index in [-0.39, 0.29) is 15.8 Å². The summed E-state index contributed by atoms with van der Waals surface area (Å²) in [5.41, 5.74) is -0.764. The highest BCUT2D eigenvalue weighted by molar-refractivity contribution is 7.93. The van der Waals surface area contributed by atoms with Crippen molar-refractivity contribution in [1.82, 2.24) is 4.98 Å². The number of sulfonamides is 1. The Morgan fingerprint density at radius 3 is 2.23 bits per heavy atom. The van der Waals surface area contributed by atoms with E-state index in [0.29, 0.717) is 22.4 Å². The first-order valence-electron chi connectivity index (χ1n) is 10.2. The number of carbonyl (C=O) groups is 1. The number of nitrogens with zero attached hydrogens (tertiary/aromatic N) is 2. The van der Waals surface area contributed by atoms with Gasteiger partial charge in [-0.2, -0.15) is 13.2 Å². The molecule has 2 aromatic carbocycles. The summed E-state index contributed by atoms with van der Waals surface area (Å²) in [4.78, 5) is 15.7. The summed E-state index contributed by atoms with van der Waals surface area (Å²) >= 11 is 1.03. The molecule has 3 rings (SSSR count). The number of aryl methyl sites for hydroxylation is 2. The molecule has 1 aromatic heterocycles. The van der Waals surface area contributed by atoms with E-state index < -0.39 is 33.3 Å². The molecule has 12 heteroatoms. The summed E-state index contributed by atoms with van der Waals surface area (Å²) in [5, 5.41) is 11.0. The van der Waals surface area contributed by atoms with Crippen molar-refractivity contribution in [1.29, 1.82) is 0 Å². The number of anilines is 1. The van der Waals surface area contributed by atoms with Gasteiger partial charge in [-0.15, -0.1) is 11.3 Å². The monoisotopic (exact) mass is 528 g/mol. The molecule has 1 N–H and O–H groups in total. The van der Waals surface area contributed by atoms with Crippen molar-refractivity contribution in [3.63, 3.8) is 0 Å². The van der Waals surface area contributed by atoms with E-state index in [0.717, 1.165) is 27.8 Å². The van der Waals surface area contributed by atoms with E-state index in [1.54, 1.807) is 19.2 Å². The number of hydrogen-bond acceptors (Lipinski definition) is 6. The molecule has 7 nitrogen and oxygen atoms in total. The van der Waals surface area contributed by atoms with Crippen LogP contribution in [0.5, 0.6) is 5.75 Å². The molecule has 0 amide bonds. The van der Waals surface area contributed by atoms with Crippen molar-refractivity contribution in [2.45, 2.75) is 44.4 Å². The molecule has 35 heavy (non-hydrogen) atoms. The number of carboxylic acid groups (broad SMARTS) is 1. The third-order valence-electron chi connectivity index (χ3n) is 5.26. The maximum absolute atomic E-state index is 13.3. The molecule has 0 radical (unpaired) electrons. The van der Waals surface area contributed by atoms with E-state index in [9.17, 15) is 31.5 Å². The van der Waals surface area contributed by atoms with Gasteiger partial charge in [0.25, 0.3) is 10.0 Å². The topological polar surface area (TPSA) is 96.8 Å². The second kappa shape index (κ2) is 9.15. The average Bonchev–Trinajstić information content (AvgIpc) is 3.24. The molecule has 0 aliphatic rings. The minimum absolute atomic E-state index is 0.00994. The summed E-state index contributed by atoms with van der Waals surface area (Å²) in [6, 6.07) is 7.31. The smallest absolute Gasteiger partial charge is 0.416 e. The molecular formula is C23H23F3N2O5S2. The predicted molar refractivity (Wildman–Crippen MR) is 126 cm³/mol. The maximum Gasteiger partial charge on any atom is 0.416 e. The van der Waals surface area contributed by atoms with E-state index in [2.05, 4.69) is 4.98 Å². The number of alkyl halides is 3. The number of thiazole rings is 1. The van der Waals surface area contributed by atoms with Crippen LogP contribution in [0.4, 0.5) is 18.3 Å². The average molecular weight is 529 g/mol. The lowest BCUT2D eigenvalue weighted by atomic mass is 10.1. The first kappa shape index (κ1) is 26.5. The van der Waals surface area contributed by atoms with Gasteiger partial charge in [0.2, 0.25) is 0 Å². The van der Waals surface area contributed by atoms with E-state index in [4.69, 9.17) is 4.74 Å². The Morgan fingerprint density at radius 1 is 1.09 bits per heavy atom. The molecule has 0 aliphatic heterocycles. The number of aliphatic carboxylic acids is 1. The maximum atomic E-state index is 13.3. The Hall–Kier alpha value is -3.12. The molecule has 0 spiro atoms. The fraction of sp³-hybridized carbons (Fsp3) is 0.304. The van der Waals surface area contributed by atoms with Crippen LogP contribution in [0, 0.1) is 13.8 Å². The second-order valence-corrected chi connectivity index (χ2v) is 11.1. The van der Waals surface area contributed by atoms with E-state index in [1.165, 1.54) is 45.2 Å². The largest absolute Gasteiger partial charge is 0.478 e.